The van der Waals surface area contributed by atoms with Gasteiger partial charge in [0.15, 0.2) is 0 Å². The maximum Gasteiger partial charge on any atom is 0.132 e. The van der Waals surface area contributed by atoms with Crippen LogP contribution in [0.2, 0.25) is 0 Å². The maximum absolute atomic E-state index is 11.0. The van der Waals surface area contributed by atoms with E-state index < -0.39 is 0 Å². The van der Waals surface area contributed by atoms with Crippen molar-refractivity contribution in [3.8, 4) is 0 Å². The molecule has 0 saturated heterocycles. The van der Waals surface area contributed by atoms with Crippen LogP contribution in [-0.4, -0.2) is 81.7 Å². The highest BCUT2D eigenvalue weighted by molar-refractivity contribution is 7.99. The van der Waals surface area contributed by atoms with Gasteiger partial charge < -0.3 is 18.9 Å². The molecule has 0 spiro atoms. The number of ether oxygens (including phenoxy) is 4. The van der Waals surface area contributed by atoms with Crippen molar-refractivity contribution >= 4 is 34.9 Å². The van der Waals surface area contributed by atoms with Crippen molar-refractivity contribution in [2.75, 3.05) is 34.2 Å². The normalized spacial score (nSPS) is 10.9. The maximum atomic E-state index is 11.0. The monoisotopic (exact) mass is 919 g/mol. The van der Waals surface area contributed by atoms with Crippen molar-refractivity contribution in [3.63, 3.8) is 0 Å². The van der Waals surface area contributed by atoms with Crippen LogP contribution in [0, 0.1) is 0 Å². The van der Waals surface area contributed by atoms with E-state index in [1.165, 1.54) is 24.2 Å². The molecular formula is C54H110O8S. The van der Waals surface area contributed by atoms with Gasteiger partial charge in [-0.15, -0.1) is 31.5 Å². The van der Waals surface area contributed by atoms with E-state index in [1.807, 2.05) is 36.4 Å². The quantitative estimate of drug-likeness (QED) is 0.0409. The van der Waals surface area contributed by atoms with Crippen molar-refractivity contribution in [1.82, 2.24) is 0 Å². The number of hydrogen-bond donors (Lipinski definition) is 0. The Bertz CT molecular complexity index is 1110. The Kier molecular flexibility index (Phi) is 91.3. The molecule has 1 aromatic rings. The molecular weight excluding hydrogens is 809 g/mol. The van der Waals surface area contributed by atoms with Gasteiger partial charge in [-0.3, -0.25) is 19.2 Å². The van der Waals surface area contributed by atoms with Crippen LogP contribution in [0.15, 0.2) is 73.2 Å². The molecule has 0 N–H and O–H groups in total. The third-order valence-electron chi connectivity index (χ3n) is 8.41. The summed E-state index contributed by atoms with van der Waals surface area (Å²) in [6.45, 7) is 17.4. The van der Waals surface area contributed by atoms with E-state index in [4.69, 9.17) is 18.9 Å². The average Bonchev–Trinajstić information content (AvgIpc) is 3.15. The molecule has 0 amide bonds. The minimum Gasteiger partial charge on any atom is -0.381 e. The second kappa shape index (κ2) is 65.9. The van der Waals surface area contributed by atoms with Gasteiger partial charge in [0.1, 0.15) is 23.1 Å². The molecule has 380 valence electrons. The van der Waals surface area contributed by atoms with Crippen LogP contribution in [-0.2, 0) is 38.1 Å². The number of ketones is 4. The second-order valence-electron chi connectivity index (χ2n) is 13.7. The van der Waals surface area contributed by atoms with Crippen LogP contribution in [0.4, 0.5) is 0 Å². The predicted octanol–water partition coefficient (Wildman–Crippen LogP) is 16.4. The highest BCUT2D eigenvalue weighted by Crippen LogP contribution is 2.20. The Morgan fingerprint density at radius 2 is 0.762 bits per heavy atom. The largest absolute Gasteiger partial charge is 0.381 e. The molecule has 1 aromatic carbocycles. The van der Waals surface area contributed by atoms with E-state index >= 15 is 0 Å². The lowest BCUT2D eigenvalue weighted by molar-refractivity contribution is -0.120. The van der Waals surface area contributed by atoms with E-state index in [0.29, 0.717) is 25.7 Å². The molecule has 0 aromatic heterocycles. The summed E-state index contributed by atoms with van der Waals surface area (Å²) in [4.78, 5) is 44.6. The van der Waals surface area contributed by atoms with Crippen LogP contribution in [0.5, 0.6) is 0 Å². The van der Waals surface area contributed by atoms with E-state index in [2.05, 4.69) is 31.9 Å². The van der Waals surface area contributed by atoms with Gasteiger partial charge in [0.25, 0.3) is 0 Å². The first-order valence-electron chi connectivity index (χ1n) is 19.9. The fourth-order valence-electron chi connectivity index (χ4n) is 5.30. The fraction of sp³-hybridized carbons (Fsp3) is 0.704. The van der Waals surface area contributed by atoms with E-state index in [0.717, 1.165) is 70.0 Å². The third kappa shape index (κ3) is 68.5. The lowest BCUT2D eigenvalue weighted by Crippen LogP contribution is -2.15. The van der Waals surface area contributed by atoms with Gasteiger partial charge in [0.05, 0.1) is 24.4 Å². The first-order chi connectivity index (χ1) is 26.3. The van der Waals surface area contributed by atoms with Gasteiger partial charge in [-0.25, -0.2) is 0 Å². The molecule has 63 heavy (non-hydrogen) atoms. The predicted molar refractivity (Wildman–Crippen MR) is 286 cm³/mol. The molecule has 1 rings (SSSR count). The summed E-state index contributed by atoms with van der Waals surface area (Å²) < 4.78 is 20.8. The average molecular weight is 920 g/mol. The van der Waals surface area contributed by atoms with Gasteiger partial charge in [-0.1, -0.05) is 122 Å². The molecule has 9 heteroatoms. The first-order valence-corrected chi connectivity index (χ1v) is 20.9. The molecule has 0 aliphatic carbocycles. The number of Topliss-reactive ketones (excluding diaryl/α,β-unsaturated/α-hetero) is 4. The minimum atomic E-state index is 0. The summed E-state index contributed by atoms with van der Waals surface area (Å²) in [5, 5.41) is 0. The topological polar surface area (TPSA) is 105 Å². The summed E-state index contributed by atoms with van der Waals surface area (Å²) in [5.74, 6) is 1.78. The van der Waals surface area contributed by atoms with Gasteiger partial charge in [-0.05, 0) is 97.6 Å². The molecule has 0 bridgehead atoms. The second-order valence-corrected chi connectivity index (χ2v) is 14.9. The standard InChI is InChI=1S/C13H18O2S.C13H24O2.C11H20O2.C9H16O2.8CH4/c1-11(14)10-12(15-2)8-9-16-13-6-4-3-5-7-13;1-4-5-6-7-8-9-10-13(15-3)11-12(2)14;1-4-5-6-7-8-11(13-3)9-10(2)12;1-4-5-6-9(11-3)7-8(2)10;;;;;;;;/h3-7,12H,8-10H2,1-2H3;4,13H,1,5-11H2,2-3H3;4,11H,1,5-9H2,2-3H3;4,9H,1,5-7H2,2-3H3;8*1H4. The smallest absolute Gasteiger partial charge is 0.132 e. The van der Waals surface area contributed by atoms with Crippen molar-refractivity contribution in [3.05, 3.63) is 68.3 Å². The number of benzene rings is 1. The number of carbonyl (C=O) groups excluding carboxylic acids is 4. The lowest BCUT2D eigenvalue weighted by Gasteiger charge is -2.12. The Morgan fingerprint density at radius 3 is 1.10 bits per heavy atom. The Balaban J connectivity index is -0.0000000615. The van der Waals surface area contributed by atoms with E-state index in [9.17, 15) is 19.2 Å². The number of carbonyl (C=O) groups is 4. The molecule has 0 heterocycles. The molecule has 4 unspecified atom stereocenters. The third-order valence-corrected chi connectivity index (χ3v) is 9.45. The summed E-state index contributed by atoms with van der Waals surface area (Å²) in [6.07, 6.45) is 22.2. The zero-order chi connectivity index (χ0) is 42.1. The highest BCUT2D eigenvalue weighted by Gasteiger charge is 2.11. The SMILES string of the molecule is C.C.C.C.C.C.C.C.C=CCCC(CC(C)=O)OC.C=CCCCCC(CC(C)=O)OC.C=CCCCCCCC(CC(C)=O)OC.COC(CCSc1ccccc1)CC(C)=O. The van der Waals surface area contributed by atoms with Crippen LogP contribution < -0.4 is 0 Å². The first kappa shape index (κ1) is 87.3. The Hall–Kier alpha value is -2.69. The number of hydrogen-bond acceptors (Lipinski definition) is 9. The van der Waals surface area contributed by atoms with Crippen molar-refractivity contribution < 1.29 is 38.1 Å². The lowest BCUT2D eigenvalue weighted by atomic mass is 10.0. The summed E-state index contributed by atoms with van der Waals surface area (Å²) in [6, 6.07) is 10.3. The van der Waals surface area contributed by atoms with Crippen LogP contribution >= 0.6 is 11.8 Å². The minimum absolute atomic E-state index is 0. The Morgan fingerprint density at radius 1 is 0.460 bits per heavy atom. The zero-order valence-corrected chi connectivity index (χ0v) is 36.8. The summed E-state index contributed by atoms with van der Waals surface area (Å²) in [5.41, 5.74) is 0. The fourth-order valence-corrected chi connectivity index (χ4v) is 6.27. The van der Waals surface area contributed by atoms with Crippen molar-refractivity contribution in [2.45, 2.75) is 226 Å². The molecule has 4 atom stereocenters. The van der Waals surface area contributed by atoms with Gasteiger partial charge >= 0.3 is 0 Å². The molecule has 0 fully saturated rings. The van der Waals surface area contributed by atoms with Crippen LogP contribution in [0.3, 0.4) is 0 Å². The summed E-state index contributed by atoms with van der Waals surface area (Å²) in [7, 11) is 6.66. The van der Waals surface area contributed by atoms with Gasteiger partial charge in [0, 0.05) is 64.8 Å². The number of allylic oxidation sites excluding steroid dienone is 3. The number of methoxy groups -OCH3 is 4. The van der Waals surface area contributed by atoms with Crippen molar-refractivity contribution in [1.29, 1.82) is 0 Å². The molecule has 0 radical (unpaired) electrons. The number of thioether (sulfide) groups is 1. The van der Waals surface area contributed by atoms with Crippen LogP contribution in [0.25, 0.3) is 0 Å². The van der Waals surface area contributed by atoms with Gasteiger partial charge in [0.2, 0.25) is 0 Å². The zero-order valence-electron chi connectivity index (χ0n) is 36.0. The molecule has 0 aliphatic heterocycles. The van der Waals surface area contributed by atoms with Crippen molar-refractivity contribution in [2.24, 2.45) is 0 Å². The highest BCUT2D eigenvalue weighted by atomic mass is 32.2. The van der Waals surface area contributed by atoms with E-state index in [-0.39, 0.29) is 107 Å². The molecule has 0 aliphatic rings. The molecule has 0 saturated carbocycles. The Labute approximate surface area is 399 Å². The van der Waals surface area contributed by atoms with Gasteiger partial charge in [-0.2, -0.15) is 0 Å². The van der Waals surface area contributed by atoms with E-state index in [1.54, 1.807) is 67.9 Å². The summed E-state index contributed by atoms with van der Waals surface area (Å²) >= 11 is 1.80. The van der Waals surface area contributed by atoms with Crippen LogP contribution in [0.1, 0.15) is 196 Å². The molecule has 8 nitrogen and oxygen atoms in total. The number of rotatable bonds is 31. The number of unbranched alkanes of at least 4 members (excludes halogenated alkanes) is 6.